The highest BCUT2D eigenvalue weighted by Crippen LogP contribution is 2.32. The van der Waals surface area contributed by atoms with Crippen molar-refractivity contribution >= 4 is 11.8 Å². The smallest absolute Gasteiger partial charge is 0.258 e. The first-order valence-electron chi connectivity index (χ1n) is 8.10. The fourth-order valence-corrected chi connectivity index (χ4v) is 3.13. The van der Waals surface area contributed by atoms with E-state index in [0.717, 1.165) is 31.7 Å². The SMILES string of the molecule is O=C(NC1(C(=O)NCC2CC2)CCCC1)c1c(O)cccc1F. The first-order chi connectivity index (χ1) is 11.0. The van der Waals surface area contributed by atoms with Crippen LogP contribution >= 0.6 is 0 Å². The molecule has 0 heterocycles. The predicted molar refractivity (Wildman–Crippen MR) is 82.5 cm³/mol. The lowest BCUT2D eigenvalue weighted by atomic mass is 9.95. The summed E-state index contributed by atoms with van der Waals surface area (Å²) in [6, 6.07) is 3.70. The fourth-order valence-electron chi connectivity index (χ4n) is 3.13. The molecule has 2 aliphatic carbocycles. The maximum atomic E-state index is 13.8. The first-order valence-corrected chi connectivity index (χ1v) is 8.10. The molecular weight excluding hydrogens is 299 g/mol. The number of amides is 2. The molecule has 0 unspecified atom stereocenters. The summed E-state index contributed by atoms with van der Waals surface area (Å²) in [7, 11) is 0. The summed E-state index contributed by atoms with van der Waals surface area (Å²) in [5, 5.41) is 15.3. The molecule has 2 aliphatic rings. The number of hydrogen-bond donors (Lipinski definition) is 3. The van der Waals surface area contributed by atoms with Gasteiger partial charge in [-0.15, -0.1) is 0 Å². The predicted octanol–water partition coefficient (Wildman–Crippen LogP) is 2.10. The molecule has 124 valence electrons. The van der Waals surface area contributed by atoms with Crippen LogP contribution in [-0.2, 0) is 4.79 Å². The number of carbonyl (C=O) groups is 2. The van der Waals surface area contributed by atoms with Gasteiger partial charge >= 0.3 is 0 Å². The van der Waals surface area contributed by atoms with Crippen molar-refractivity contribution in [1.29, 1.82) is 0 Å². The zero-order chi connectivity index (χ0) is 16.4. The molecule has 0 radical (unpaired) electrons. The Hall–Kier alpha value is -2.11. The van der Waals surface area contributed by atoms with Gasteiger partial charge in [-0.3, -0.25) is 9.59 Å². The largest absolute Gasteiger partial charge is 0.507 e. The summed E-state index contributed by atoms with van der Waals surface area (Å²) < 4.78 is 13.8. The molecule has 2 fully saturated rings. The van der Waals surface area contributed by atoms with Gasteiger partial charge < -0.3 is 15.7 Å². The number of aromatic hydroxyl groups is 1. The maximum Gasteiger partial charge on any atom is 0.258 e. The van der Waals surface area contributed by atoms with Crippen LogP contribution in [0.15, 0.2) is 18.2 Å². The number of rotatable bonds is 5. The molecule has 3 rings (SSSR count). The van der Waals surface area contributed by atoms with Gasteiger partial charge in [0.05, 0.1) is 0 Å². The molecule has 0 aliphatic heterocycles. The van der Waals surface area contributed by atoms with E-state index < -0.39 is 28.6 Å². The summed E-state index contributed by atoms with van der Waals surface area (Å²) in [5.41, 5.74) is -1.41. The molecule has 1 aromatic rings. The molecule has 1 aromatic carbocycles. The van der Waals surface area contributed by atoms with Crippen molar-refractivity contribution in [3.63, 3.8) is 0 Å². The van der Waals surface area contributed by atoms with Crippen LogP contribution in [0, 0.1) is 11.7 Å². The fraction of sp³-hybridized carbons (Fsp3) is 0.529. The van der Waals surface area contributed by atoms with Crippen molar-refractivity contribution in [2.24, 2.45) is 5.92 Å². The maximum absolute atomic E-state index is 13.8. The number of benzene rings is 1. The minimum Gasteiger partial charge on any atom is -0.507 e. The van der Waals surface area contributed by atoms with Crippen molar-refractivity contribution in [2.75, 3.05) is 6.54 Å². The standard InChI is InChI=1S/C17H21FN2O3/c18-12-4-3-5-13(21)14(12)15(22)20-17(8-1-2-9-17)16(23)19-10-11-6-7-11/h3-5,11,21H,1-2,6-10H2,(H,19,23)(H,20,22). The third kappa shape index (κ3) is 3.30. The van der Waals surface area contributed by atoms with E-state index >= 15 is 0 Å². The van der Waals surface area contributed by atoms with Gasteiger partial charge in [0.2, 0.25) is 5.91 Å². The van der Waals surface area contributed by atoms with Crippen LogP contribution in [0.5, 0.6) is 5.75 Å². The summed E-state index contributed by atoms with van der Waals surface area (Å²) in [6.07, 6.45) is 4.99. The average molecular weight is 320 g/mol. The van der Waals surface area contributed by atoms with Gasteiger partial charge in [-0.1, -0.05) is 18.9 Å². The van der Waals surface area contributed by atoms with Crippen LogP contribution in [0.3, 0.4) is 0 Å². The highest BCUT2D eigenvalue weighted by Gasteiger charge is 2.43. The van der Waals surface area contributed by atoms with E-state index in [9.17, 15) is 19.1 Å². The third-order valence-electron chi connectivity index (χ3n) is 4.71. The second-order valence-corrected chi connectivity index (χ2v) is 6.53. The van der Waals surface area contributed by atoms with Gasteiger partial charge in [-0.2, -0.15) is 0 Å². The highest BCUT2D eigenvalue weighted by molar-refractivity contribution is 6.01. The molecule has 23 heavy (non-hydrogen) atoms. The quantitative estimate of drug-likeness (QED) is 0.777. The van der Waals surface area contributed by atoms with E-state index in [-0.39, 0.29) is 5.91 Å². The Kier molecular flexibility index (Phi) is 4.24. The van der Waals surface area contributed by atoms with Crippen LogP contribution < -0.4 is 10.6 Å². The summed E-state index contributed by atoms with van der Waals surface area (Å²) in [6.45, 7) is 0.626. The molecule has 6 heteroatoms. The lowest BCUT2D eigenvalue weighted by molar-refractivity contribution is -0.127. The van der Waals surface area contributed by atoms with Gasteiger partial charge in [-0.05, 0) is 43.7 Å². The van der Waals surface area contributed by atoms with Gasteiger partial charge in [0.25, 0.3) is 5.91 Å². The van der Waals surface area contributed by atoms with Gasteiger partial charge in [-0.25, -0.2) is 4.39 Å². The number of nitrogens with one attached hydrogen (secondary N) is 2. The zero-order valence-corrected chi connectivity index (χ0v) is 12.9. The Morgan fingerprint density at radius 3 is 2.57 bits per heavy atom. The lowest BCUT2D eigenvalue weighted by Gasteiger charge is -2.29. The van der Waals surface area contributed by atoms with Crippen LogP contribution in [-0.4, -0.2) is 29.0 Å². The Bertz CT molecular complexity index is 602. The van der Waals surface area contributed by atoms with Crippen molar-refractivity contribution in [2.45, 2.75) is 44.1 Å². The molecule has 0 bridgehead atoms. The van der Waals surface area contributed by atoms with Crippen LogP contribution in [0.4, 0.5) is 4.39 Å². The molecule has 3 N–H and O–H groups in total. The molecule has 5 nitrogen and oxygen atoms in total. The van der Waals surface area contributed by atoms with Crippen LogP contribution in [0.1, 0.15) is 48.9 Å². The molecule has 2 saturated carbocycles. The van der Waals surface area contributed by atoms with E-state index in [2.05, 4.69) is 10.6 Å². The number of carbonyl (C=O) groups excluding carboxylic acids is 2. The van der Waals surface area contributed by atoms with Crippen molar-refractivity contribution in [3.05, 3.63) is 29.6 Å². The topological polar surface area (TPSA) is 78.4 Å². The zero-order valence-electron chi connectivity index (χ0n) is 12.9. The number of phenolic OH excluding ortho intramolecular Hbond substituents is 1. The minimum absolute atomic E-state index is 0.203. The van der Waals surface area contributed by atoms with Gasteiger partial charge in [0, 0.05) is 6.54 Å². The van der Waals surface area contributed by atoms with Gasteiger partial charge in [0.1, 0.15) is 22.7 Å². The molecule has 0 saturated heterocycles. The second-order valence-electron chi connectivity index (χ2n) is 6.53. The minimum atomic E-state index is -0.999. The van der Waals surface area contributed by atoms with Crippen molar-refractivity contribution < 1.29 is 19.1 Å². The van der Waals surface area contributed by atoms with E-state index in [1.165, 1.54) is 12.1 Å². The Balaban J connectivity index is 1.76. The Labute approximate surface area is 134 Å². The van der Waals surface area contributed by atoms with E-state index in [4.69, 9.17) is 0 Å². The monoisotopic (exact) mass is 320 g/mol. The molecule has 0 atom stereocenters. The molecule has 0 aromatic heterocycles. The Morgan fingerprint density at radius 2 is 1.96 bits per heavy atom. The van der Waals surface area contributed by atoms with Crippen molar-refractivity contribution in [3.8, 4) is 5.75 Å². The molecule has 2 amide bonds. The lowest BCUT2D eigenvalue weighted by Crippen LogP contribution is -2.57. The van der Waals surface area contributed by atoms with Gasteiger partial charge in [0.15, 0.2) is 0 Å². The average Bonchev–Trinajstić information content (AvgIpc) is 3.22. The van der Waals surface area contributed by atoms with E-state index in [1.807, 2.05) is 0 Å². The normalized spacial score (nSPS) is 19.3. The van der Waals surface area contributed by atoms with E-state index in [0.29, 0.717) is 25.3 Å². The first kappa shape index (κ1) is 15.8. The number of phenols is 1. The highest BCUT2D eigenvalue weighted by atomic mass is 19.1. The Morgan fingerprint density at radius 1 is 1.26 bits per heavy atom. The molecule has 0 spiro atoms. The van der Waals surface area contributed by atoms with Crippen LogP contribution in [0.2, 0.25) is 0 Å². The van der Waals surface area contributed by atoms with E-state index in [1.54, 1.807) is 0 Å². The second kappa shape index (κ2) is 6.18. The number of hydrogen-bond acceptors (Lipinski definition) is 3. The number of halogens is 1. The van der Waals surface area contributed by atoms with Crippen LogP contribution in [0.25, 0.3) is 0 Å². The summed E-state index contributed by atoms with van der Waals surface area (Å²) in [4.78, 5) is 25.0. The third-order valence-corrected chi connectivity index (χ3v) is 4.71. The summed E-state index contributed by atoms with van der Waals surface area (Å²) in [5.74, 6) is -1.62. The summed E-state index contributed by atoms with van der Waals surface area (Å²) >= 11 is 0. The molecular formula is C17H21FN2O3. The van der Waals surface area contributed by atoms with Crippen molar-refractivity contribution in [1.82, 2.24) is 10.6 Å².